The molecule has 2 rings (SSSR count). The van der Waals surface area contributed by atoms with Crippen molar-refractivity contribution in [3.63, 3.8) is 0 Å². The molecule has 1 amide bonds. The van der Waals surface area contributed by atoms with E-state index in [9.17, 15) is 4.79 Å². The molecule has 0 aromatic carbocycles. The number of hydrogen-bond donors (Lipinski definition) is 2. The lowest BCUT2D eigenvalue weighted by molar-refractivity contribution is -0.124. The van der Waals surface area contributed by atoms with Gasteiger partial charge in [0.05, 0.1) is 5.92 Å². The highest BCUT2D eigenvalue weighted by molar-refractivity contribution is 5.77. The summed E-state index contributed by atoms with van der Waals surface area (Å²) in [5, 5.41) is 3.04. The zero-order valence-electron chi connectivity index (χ0n) is 11.6. The van der Waals surface area contributed by atoms with E-state index in [-0.39, 0.29) is 11.8 Å². The molecule has 1 aromatic rings. The Morgan fingerprint density at radius 3 is 3.05 bits per heavy atom. The van der Waals surface area contributed by atoms with Crippen molar-refractivity contribution in [1.29, 1.82) is 0 Å². The van der Waals surface area contributed by atoms with Crippen LogP contribution >= 0.6 is 0 Å². The predicted molar refractivity (Wildman–Crippen MR) is 75.6 cm³/mol. The van der Waals surface area contributed by atoms with E-state index in [2.05, 4.69) is 22.1 Å². The largest absolute Gasteiger partial charge is 0.373 e. The number of nitrogens with zero attached hydrogens (tertiary/aromatic N) is 2. The normalized spacial score (nSPS) is 24.1. The van der Waals surface area contributed by atoms with Crippen LogP contribution in [-0.4, -0.2) is 35.4 Å². The number of hydrogen-bond acceptors (Lipinski definition) is 4. The monoisotopic (exact) mass is 262 g/mol. The number of nitrogens with one attached hydrogen (secondary N) is 1. The van der Waals surface area contributed by atoms with Crippen molar-refractivity contribution in [2.45, 2.75) is 32.4 Å². The minimum absolute atomic E-state index is 0.0122. The Morgan fingerprint density at radius 1 is 1.58 bits per heavy atom. The number of anilines is 1. The minimum Gasteiger partial charge on any atom is -0.373 e. The van der Waals surface area contributed by atoms with Crippen LogP contribution in [0.25, 0.3) is 0 Å². The van der Waals surface area contributed by atoms with Crippen LogP contribution in [0.4, 0.5) is 5.82 Å². The van der Waals surface area contributed by atoms with Crippen molar-refractivity contribution < 1.29 is 4.79 Å². The van der Waals surface area contributed by atoms with Gasteiger partial charge in [-0.3, -0.25) is 9.69 Å². The van der Waals surface area contributed by atoms with Gasteiger partial charge in [-0.05, 0) is 37.5 Å². The summed E-state index contributed by atoms with van der Waals surface area (Å²) >= 11 is 0. The van der Waals surface area contributed by atoms with Gasteiger partial charge >= 0.3 is 0 Å². The number of carbonyl (C=O) groups excluding carboxylic acids is 1. The average Bonchev–Trinajstić information content (AvgIpc) is 2.41. The first-order valence-corrected chi connectivity index (χ1v) is 6.76. The summed E-state index contributed by atoms with van der Waals surface area (Å²) < 4.78 is 0. The molecule has 1 saturated heterocycles. The van der Waals surface area contributed by atoms with E-state index in [1.165, 1.54) is 5.56 Å². The molecule has 0 bridgehead atoms. The Kier molecular flexibility index (Phi) is 4.37. The van der Waals surface area contributed by atoms with Gasteiger partial charge < -0.3 is 11.1 Å². The summed E-state index contributed by atoms with van der Waals surface area (Å²) in [7, 11) is 1.86. The molecule has 1 aliphatic rings. The zero-order valence-corrected chi connectivity index (χ0v) is 11.6. The van der Waals surface area contributed by atoms with E-state index in [0.717, 1.165) is 31.7 Å². The fourth-order valence-electron chi connectivity index (χ4n) is 2.58. The van der Waals surface area contributed by atoms with Crippen molar-refractivity contribution in [2.24, 2.45) is 11.7 Å². The van der Waals surface area contributed by atoms with Gasteiger partial charge in [0, 0.05) is 32.4 Å². The highest BCUT2D eigenvalue weighted by Crippen LogP contribution is 2.23. The van der Waals surface area contributed by atoms with Gasteiger partial charge in [-0.1, -0.05) is 0 Å². The summed E-state index contributed by atoms with van der Waals surface area (Å²) in [5.74, 6) is 0.679. The van der Waals surface area contributed by atoms with Crippen LogP contribution in [0.15, 0.2) is 18.3 Å². The van der Waals surface area contributed by atoms with E-state index in [1.807, 2.05) is 19.2 Å². The lowest BCUT2D eigenvalue weighted by Crippen LogP contribution is -2.45. The van der Waals surface area contributed by atoms with E-state index < -0.39 is 0 Å². The Bertz CT molecular complexity index is 449. The van der Waals surface area contributed by atoms with Crippen molar-refractivity contribution in [3.8, 4) is 0 Å². The van der Waals surface area contributed by atoms with Gasteiger partial charge in [0.25, 0.3) is 0 Å². The molecular weight excluding hydrogens is 240 g/mol. The van der Waals surface area contributed by atoms with Gasteiger partial charge in [-0.15, -0.1) is 0 Å². The van der Waals surface area contributed by atoms with Crippen LogP contribution in [0, 0.1) is 5.92 Å². The highest BCUT2D eigenvalue weighted by Gasteiger charge is 2.28. The fourth-order valence-corrected chi connectivity index (χ4v) is 2.58. The SMILES string of the molecule is CNc1cc(CN2CC(C(N)=O)CCC2C)ccn1. The topological polar surface area (TPSA) is 71.2 Å². The third-order valence-electron chi connectivity index (χ3n) is 3.88. The molecule has 1 aromatic heterocycles. The smallest absolute Gasteiger partial charge is 0.221 e. The van der Waals surface area contributed by atoms with Crippen molar-refractivity contribution in [2.75, 3.05) is 18.9 Å². The number of rotatable bonds is 4. The lowest BCUT2D eigenvalue weighted by atomic mass is 9.92. The maximum Gasteiger partial charge on any atom is 0.221 e. The van der Waals surface area contributed by atoms with E-state index in [0.29, 0.717) is 6.04 Å². The summed E-state index contributed by atoms with van der Waals surface area (Å²) in [6, 6.07) is 4.55. The molecule has 1 fully saturated rings. The number of nitrogens with two attached hydrogens (primary N) is 1. The maximum absolute atomic E-state index is 11.3. The summed E-state index contributed by atoms with van der Waals surface area (Å²) in [6.07, 6.45) is 3.74. The standard InChI is InChI=1S/C14H22N4O/c1-10-3-4-12(14(15)19)9-18(10)8-11-5-6-17-13(7-11)16-2/h5-7,10,12H,3-4,8-9H2,1-2H3,(H2,15,19)(H,16,17). The molecule has 2 unspecified atom stereocenters. The molecule has 0 radical (unpaired) electrons. The first kappa shape index (κ1) is 13.8. The number of pyridine rings is 1. The number of amides is 1. The second-order valence-corrected chi connectivity index (χ2v) is 5.25. The van der Waals surface area contributed by atoms with Gasteiger partial charge in [-0.25, -0.2) is 4.98 Å². The first-order valence-electron chi connectivity index (χ1n) is 6.76. The molecule has 0 aliphatic carbocycles. The van der Waals surface area contributed by atoms with Gasteiger partial charge in [0.15, 0.2) is 0 Å². The van der Waals surface area contributed by atoms with Crippen LogP contribution in [-0.2, 0) is 11.3 Å². The predicted octanol–water partition coefficient (Wildman–Crippen LogP) is 1.21. The lowest BCUT2D eigenvalue weighted by Gasteiger charge is -2.36. The molecular formula is C14H22N4O. The average molecular weight is 262 g/mol. The second-order valence-electron chi connectivity index (χ2n) is 5.25. The van der Waals surface area contributed by atoms with Crippen LogP contribution in [0.3, 0.4) is 0 Å². The Hall–Kier alpha value is -1.62. The summed E-state index contributed by atoms with van der Waals surface area (Å²) in [6.45, 7) is 3.80. The molecule has 2 heterocycles. The third kappa shape index (κ3) is 3.44. The van der Waals surface area contributed by atoms with Gasteiger partial charge in [0.1, 0.15) is 5.82 Å². The Balaban J connectivity index is 2.05. The number of aromatic nitrogens is 1. The number of likely N-dealkylation sites (tertiary alicyclic amines) is 1. The quantitative estimate of drug-likeness (QED) is 0.855. The molecule has 104 valence electrons. The Morgan fingerprint density at radius 2 is 2.37 bits per heavy atom. The molecule has 19 heavy (non-hydrogen) atoms. The molecule has 1 aliphatic heterocycles. The summed E-state index contributed by atoms with van der Waals surface area (Å²) in [4.78, 5) is 17.9. The number of primary amides is 1. The van der Waals surface area contributed by atoms with E-state index in [1.54, 1.807) is 6.20 Å². The third-order valence-corrected chi connectivity index (χ3v) is 3.88. The van der Waals surface area contributed by atoms with Gasteiger partial charge in [-0.2, -0.15) is 0 Å². The van der Waals surface area contributed by atoms with Crippen LogP contribution < -0.4 is 11.1 Å². The zero-order chi connectivity index (χ0) is 13.8. The molecule has 5 heteroatoms. The first-order chi connectivity index (χ1) is 9.10. The number of carbonyl (C=O) groups is 1. The molecule has 0 saturated carbocycles. The second kappa shape index (κ2) is 6.02. The minimum atomic E-state index is -0.178. The maximum atomic E-state index is 11.3. The van der Waals surface area contributed by atoms with Crippen LogP contribution in [0.2, 0.25) is 0 Å². The molecule has 5 nitrogen and oxygen atoms in total. The summed E-state index contributed by atoms with van der Waals surface area (Å²) in [5.41, 5.74) is 6.63. The molecule has 2 atom stereocenters. The highest BCUT2D eigenvalue weighted by atomic mass is 16.1. The molecule has 0 spiro atoms. The fraction of sp³-hybridized carbons (Fsp3) is 0.571. The van der Waals surface area contributed by atoms with Crippen molar-refractivity contribution >= 4 is 11.7 Å². The van der Waals surface area contributed by atoms with Crippen LogP contribution in [0.5, 0.6) is 0 Å². The van der Waals surface area contributed by atoms with Crippen molar-refractivity contribution in [3.05, 3.63) is 23.9 Å². The molecule has 3 N–H and O–H groups in total. The van der Waals surface area contributed by atoms with E-state index in [4.69, 9.17) is 5.73 Å². The number of piperidine rings is 1. The Labute approximate surface area is 114 Å². The van der Waals surface area contributed by atoms with Crippen molar-refractivity contribution in [1.82, 2.24) is 9.88 Å². The van der Waals surface area contributed by atoms with E-state index >= 15 is 0 Å². The van der Waals surface area contributed by atoms with Gasteiger partial charge in [0.2, 0.25) is 5.91 Å². The van der Waals surface area contributed by atoms with Crippen LogP contribution in [0.1, 0.15) is 25.3 Å².